The Morgan fingerprint density at radius 3 is 2.36 bits per heavy atom. The van der Waals surface area contributed by atoms with Crippen LogP contribution in [-0.2, 0) is 0 Å². The van der Waals surface area contributed by atoms with Crippen LogP contribution < -0.4 is 0 Å². The van der Waals surface area contributed by atoms with Crippen LogP contribution in [-0.4, -0.2) is 27.4 Å². The lowest BCUT2D eigenvalue weighted by molar-refractivity contribution is 0.0934. The number of ketones is 1. The summed E-state index contributed by atoms with van der Waals surface area (Å²) in [5.74, 6) is 0.0637. The molecule has 0 aliphatic carbocycles. The van der Waals surface area contributed by atoms with Gasteiger partial charge in [0.15, 0.2) is 5.78 Å². The zero-order valence-electron chi connectivity index (χ0n) is 7.65. The lowest BCUT2D eigenvalue weighted by Gasteiger charge is -2.17. The molecule has 0 saturated heterocycles. The molecule has 1 rings (SSSR count). The van der Waals surface area contributed by atoms with Gasteiger partial charge in [0.05, 0.1) is 6.54 Å². The number of carbonyl (C=O) groups excluding carboxylic acids is 1. The molecule has 76 valence electrons. The molecular formula is C9H10Br2N2O. The van der Waals surface area contributed by atoms with Gasteiger partial charge in [0.1, 0.15) is 0 Å². The molecule has 0 spiro atoms. The summed E-state index contributed by atoms with van der Waals surface area (Å²) in [5, 5.41) is 0. The minimum Gasteiger partial charge on any atom is -0.293 e. The first kappa shape index (κ1) is 11.8. The van der Waals surface area contributed by atoms with Crippen LogP contribution in [0.5, 0.6) is 0 Å². The van der Waals surface area contributed by atoms with Crippen molar-refractivity contribution in [1.82, 2.24) is 8.07 Å². The molecule has 0 aromatic heterocycles. The van der Waals surface area contributed by atoms with Gasteiger partial charge >= 0.3 is 0 Å². The van der Waals surface area contributed by atoms with Gasteiger partial charge in [-0.25, -0.2) is 0 Å². The Hall–Kier alpha value is -0.230. The summed E-state index contributed by atoms with van der Waals surface area (Å²) >= 11 is 6.43. The quantitative estimate of drug-likeness (QED) is 0.484. The lowest BCUT2D eigenvalue weighted by Crippen LogP contribution is -2.28. The van der Waals surface area contributed by atoms with E-state index in [0.717, 1.165) is 0 Å². The smallest absolute Gasteiger partial charge is 0.179 e. The van der Waals surface area contributed by atoms with Crippen LogP contribution in [0.25, 0.3) is 0 Å². The number of hydrogen-bond acceptors (Lipinski definition) is 3. The van der Waals surface area contributed by atoms with Crippen LogP contribution in [0.15, 0.2) is 30.3 Å². The number of halogens is 2. The largest absolute Gasteiger partial charge is 0.293 e. The molecule has 14 heavy (non-hydrogen) atoms. The Bertz CT molecular complexity index is 303. The van der Waals surface area contributed by atoms with Gasteiger partial charge in [-0.2, -0.15) is 8.07 Å². The number of hydrazine groups is 1. The molecule has 0 heterocycles. The van der Waals surface area contributed by atoms with Gasteiger partial charge in [-0.05, 0) is 0 Å². The first-order chi connectivity index (χ1) is 6.61. The third-order valence-corrected chi connectivity index (χ3v) is 3.20. The Morgan fingerprint density at radius 1 is 1.29 bits per heavy atom. The average molecular weight is 322 g/mol. The van der Waals surface area contributed by atoms with Crippen LogP contribution in [0, 0.1) is 0 Å². The van der Waals surface area contributed by atoms with E-state index in [9.17, 15) is 4.79 Å². The van der Waals surface area contributed by atoms with Crippen molar-refractivity contribution in [2.24, 2.45) is 0 Å². The fourth-order valence-electron chi connectivity index (χ4n) is 0.931. The van der Waals surface area contributed by atoms with Gasteiger partial charge in [0.2, 0.25) is 0 Å². The van der Waals surface area contributed by atoms with Gasteiger partial charge in [-0.1, -0.05) is 30.3 Å². The number of rotatable bonds is 4. The molecule has 3 nitrogen and oxygen atoms in total. The number of Topliss-reactive ketones (excluding diaryl/α,β-unsaturated/α-hetero) is 1. The summed E-state index contributed by atoms with van der Waals surface area (Å²) in [6.45, 7) is 0.283. The maximum absolute atomic E-state index is 11.6. The number of carbonyl (C=O) groups is 1. The lowest BCUT2D eigenvalue weighted by atomic mass is 10.1. The summed E-state index contributed by atoms with van der Waals surface area (Å²) in [7, 11) is 1.78. The minimum atomic E-state index is 0.0637. The Labute approximate surface area is 100 Å². The molecule has 1 aromatic rings. The summed E-state index contributed by atoms with van der Waals surface area (Å²) in [5.41, 5.74) is 0.714. The maximum atomic E-state index is 11.6. The molecular weight excluding hydrogens is 312 g/mol. The second-order valence-electron chi connectivity index (χ2n) is 2.73. The molecule has 5 heteroatoms. The minimum absolute atomic E-state index is 0.0637. The second kappa shape index (κ2) is 5.60. The molecule has 0 radical (unpaired) electrons. The number of hydrogen-bond donors (Lipinski definition) is 0. The third-order valence-electron chi connectivity index (χ3n) is 1.67. The van der Waals surface area contributed by atoms with Crippen molar-refractivity contribution in [1.29, 1.82) is 0 Å². The summed E-state index contributed by atoms with van der Waals surface area (Å²) in [4.78, 5) is 11.6. The van der Waals surface area contributed by atoms with Gasteiger partial charge in [-0.3, -0.25) is 4.79 Å². The van der Waals surface area contributed by atoms with Crippen LogP contribution in [0.4, 0.5) is 0 Å². The fourth-order valence-corrected chi connectivity index (χ4v) is 1.27. The molecule has 1 aromatic carbocycles. The van der Waals surface area contributed by atoms with Crippen molar-refractivity contribution >= 4 is 38.1 Å². The maximum Gasteiger partial charge on any atom is 0.179 e. The van der Waals surface area contributed by atoms with E-state index in [1.54, 1.807) is 27.3 Å². The van der Waals surface area contributed by atoms with E-state index in [-0.39, 0.29) is 12.3 Å². The van der Waals surface area contributed by atoms with E-state index in [2.05, 4.69) is 32.3 Å². The molecule has 0 bridgehead atoms. The Morgan fingerprint density at radius 2 is 1.86 bits per heavy atom. The van der Waals surface area contributed by atoms with Gasteiger partial charge in [-0.15, -0.1) is 0 Å². The number of nitrogens with zero attached hydrogens (tertiary/aromatic N) is 2. The molecule has 0 saturated carbocycles. The molecule has 0 N–H and O–H groups in total. The highest BCUT2D eigenvalue weighted by atomic mass is 79.9. The first-order valence-corrected chi connectivity index (χ1v) is 5.44. The van der Waals surface area contributed by atoms with Crippen molar-refractivity contribution in [2.75, 3.05) is 13.6 Å². The van der Waals surface area contributed by atoms with Crippen molar-refractivity contribution in [3.05, 3.63) is 35.9 Å². The second-order valence-corrected chi connectivity index (χ2v) is 4.57. The predicted octanol–water partition coefficient (Wildman–Crippen LogP) is 2.64. The van der Waals surface area contributed by atoms with Crippen LogP contribution in [0.2, 0.25) is 0 Å². The average Bonchev–Trinajstić information content (AvgIpc) is 2.19. The normalized spacial score (nSPS) is 10.9. The van der Waals surface area contributed by atoms with Crippen molar-refractivity contribution in [2.45, 2.75) is 0 Å². The molecule has 0 fully saturated rings. The predicted molar refractivity (Wildman–Crippen MR) is 63.1 cm³/mol. The van der Waals surface area contributed by atoms with Crippen LogP contribution in [0.1, 0.15) is 10.4 Å². The van der Waals surface area contributed by atoms with Crippen LogP contribution >= 0.6 is 32.3 Å². The highest BCUT2D eigenvalue weighted by Crippen LogP contribution is 2.09. The first-order valence-electron chi connectivity index (χ1n) is 4.02. The van der Waals surface area contributed by atoms with Gasteiger partial charge < -0.3 is 0 Å². The standard InChI is InChI=1S/C9H10Br2N2O/c1-12(10)13(11)7-9(14)8-5-3-2-4-6-8/h2-6H,7H2,1H3. The molecule has 0 amide bonds. The molecule has 0 unspecified atom stereocenters. The van der Waals surface area contributed by atoms with E-state index >= 15 is 0 Å². The van der Waals surface area contributed by atoms with Crippen LogP contribution in [0.3, 0.4) is 0 Å². The van der Waals surface area contributed by atoms with E-state index in [1.807, 2.05) is 18.2 Å². The highest BCUT2D eigenvalue weighted by Gasteiger charge is 2.11. The van der Waals surface area contributed by atoms with Crippen molar-refractivity contribution in [3.63, 3.8) is 0 Å². The summed E-state index contributed by atoms with van der Waals surface area (Å²) in [6, 6.07) is 9.20. The topological polar surface area (TPSA) is 23.6 Å². The van der Waals surface area contributed by atoms with E-state index in [0.29, 0.717) is 5.56 Å². The highest BCUT2D eigenvalue weighted by molar-refractivity contribution is 9.09. The van der Waals surface area contributed by atoms with E-state index in [1.165, 1.54) is 0 Å². The third kappa shape index (κ3) is 3.49. The van der Waals surface area contributed by atoms with Gasteiger partial charge in [0.25, 0.3) is 0 Å². The Balaban J connectivity index is 2.60. The zero-order valence-corrected chi connectivity index (χ0v) is 10.8. The summed E-state index contributed by atoms with van der Waals surface area (Å²) < 4.78 is 3.22. The SMILES string of the molecule is CN(Br)N(Br)CC(=O)c1ccccc1. The molecule has 0 aliphatic heterocycles. The molecule has 0 aliphatic rings. The van der Waals surface area contributed by atoms with Gasteiger partial charge in [0, 0.05) is 44.9 Å². The summed E-state index contributed by atoms with van der Waals surface area (Å²) in [6.07, 6.45) is 0. The van der Waals surface area contributed by atoms with E-state index < -0.39 is 0 Å². The molecule has 0 atom stereocenters. The Kier molecular flexibility index (Phi) is 4.74. The van der Waals surface area contributed by atoms with Crippen molar-refractivity contribution < 1.29 is 4.79 Å². The van der Waals surface area contributed by atoms with Crippen molar-refractivity contribution in [3.8, 4) is 0 Å². The monoisotopic (exact) mass is 320 g/mol. The zero-order chi connectivity index (χ0) is 10.6. The fraction of sp³-hybridized carbons (Fsp3) is 0.222. The van der Waals surface area contributed by atoms with E-state index in [4.69, 9.17) is 0 Å². The number of benzene rings is 1.